The van der Waals surface area contributed by atoms with Crippen LogP contribution in [0.25, 0.3) is 10.8 Å². The Hall–Kier alpha value is -2.81. The number of carbonyl (C=O) groups excluding carboxylic acids is 1. The number of fused-ring (bicyclic) bond motifs is 1. The Bertz CT molecular complexity index is 850. The van der Waals surface area contributed by atoms with E-state index in [4.69, 9.17) is 4.74 Å². The Morgan fingerprint density at radius 3 is 2.58 bits per heavy atom. The standard InChI is InChI=1S/C21H21NO2/c1-15(2)14-24-18-10-5-9-17(13-18)21(23)22-20-12-6-8-16-7-3-4-11-19(16)20/h3-13,15H,14H2,1-2H3,(H,22,23). The highest BCUT2D eigenvalue weighted by Crippen LogP contribution is 2.24. The van der Waals surface area contributed by atoms with Crippen molar-refractivity contribution >= 4 is 22.4 Å². The van der Waals surface area contributed by atoms with Gasteiger partial charge in [0.15, 0.2) is 0 Å². The van der Waals surface area contributed by atoms with Crippen molar-refractivity contribution in [1.29, 1.82) is 0 Å². The molecule has 0 saturated carbocycles. The van der Waals surface area contributed by atoms with Crippen LogP contribution in [-0.4, -0.2) is 12.5 Å². The summed E-state index contributed by atoms with van der Waals surface area (Å²) in [4.78, 5) is 12.6. The van der Waals surface area contributed by atoms with E-state index in [1.54, 1.807) is 12.1 Å². The number of amides is 1. The van der Waals surface area contributed by atoms with Crippen LogP contribution < -0.4 is 10.1 Å². The van der Waals surface area contributed by atoms with E-state index < -0.39 is 0 Å². The third-order valence-corrected chi connectivity index (χ3v) is 3.72. The Balaban J connectivity index is 1.80. The first-order valence-corrected chi connectivity index (χ1v) is 8.15. The van der Waals surface area contributed by atoms with Crippen molar-refractivity contribution < 1.29 is 9.53 Å². The summed E-state index contributed by atoms with van der Waals surface area (Å²) < 4.78 is 5.70. The van der Waals surface area contributed by atoms with Crippen molar-refractivity contribution in [2.45, 2.75) is 13.8 Å². The summed E-state index contributed by atoms with van der Waals surface area (Å²) in [5, 5.41) is 5.13. The minimum absolute atomic E-state index is 0.138. The molecule has 0 aliphatic heterocycles. The summed E-state index contributed by atoms with van der Waals surface area (Å²) in [6.45, 7) is 4.82. The number of hydrogen-bond acceptors (Lipinski definition) is 2. The number of carbonyl (C=O) groups is 1. The zero-order valence-corrected chi connectivity index (χ0v) is 14.0. The van der Waals surface area contributed by atoms with Crippen molar-refractivity contribution in [2.24, 2.45) is 5.92 Å². The fourth-order valence-electron chi connectivity index (χ4n) is 2.52. The molecule has 3 rings (SSSR count). The summed E-state index contributed by atoms with van der Waals surface area (Å²) in [7, 11) is 0. The minimum atomic E-state index is -0.138. The minimum Gasteiger partial charge on any atom is -0.493 e. The van der Waals surface area contributed by atoms with E-state index in [0.717, 1.165) is 16.5 Å². The number of hydrogen-bond donors (Lipinski definition) is 1. The van der Waals surface area contributed by atoms with Crippen molar-refractivity contribution in [1.82, 2.24) is 0 Å². The predicted octanol–water partition coefficient (Wildman–Crippen LogP) is 5.13. The second-order valence-electron chi connectivity index (χ2n) is 6.21. The van der Waals surface area contributed by atoms with Gasteiger partial charge in [-0.1, -0.05) is 56.3 Å². The van der Waals surface area contributed by atoms with Gasteiger partial charge in [-0.15, -0.1) is 0 Å². The molecule has 3 aromatic rings. The lowest BCUT2D eigenvalue weighted by atomic mass is 10.1. The van der Waals surface area contributed by atoms with Crippen LogP contribution in [0.1, 0.15) is 24.2 Å². The lowest BCUT2D eigenvalue weighted by Crippen LogP contribution is -2.12. The molecule has 0 spiro atoms. The van der Waals surface area contributed by atoms with Crippen molar-refractivity contribution in [2.75, 3.05) is 11.9 Å². The van der Waals surface area contributed by atoms with Gasteiger partial charge in [0.1, 0.15) is 5.75 Å². The normalized spacial score (nSPS) is 10.8. The van der Waals surface area contributed by atoms with Gasteiger partial charge in [0.05, 0.1) is 6.61 Å². The maximum atomic E-state index is 12.6. The second kappa shape index (κ2) is 7.18. The molecule has 0 aliphatic rings. The SMILES string of the molecule is CC(C)COc1cccc(C(=O)Nc2cccc3ccccc23)c1. The number of rotatable bonds is 5. The molecule has 0 radical (unpaired) electrons. The molecule has 0 aromatic heterocycles. The molecular weight excluding hydrogens is 298 g/mol. The fourth-order valence-corrected chi connectivity index (χ4v) is 2.52. The van der Waals surface area contributed by atoms with Crippen LogP contribution >= 0.6 is 0 Å². The van der Waals surface area contributed by atoms with E-state index in [1.807, 2.05) is 54.6 Å². The summed E-state index contributed by atoms with van der Waals surface area (Å²) in [5.74, 6) is 1.02. The Kier molecular flexibility index (Phi) is 4.80. The van der Waals surface area contributed by atoms with E-state index >= 15 is 0 Å². The first-order chi connectivity index (χ1) is 11.6. The molecule has 3 heteroatoms. The van der Waals surface area contributed by atoms with Crippen LogP contribution in [0.5, 0.6) is 5.75 Å². The van der Waals surface area contributed by atoms with E-state index in [2.05, 4.69) is 19.2 Å². The highest BCUT2D eigenvalue weighted by atomic mass is 16.5. The molecular formula is C21H21NO2. The second-order valence-corrected chi connectivity index (χ2v) is 6.21. The molecule has 1 N–H and O–H groups in total. The maximum Gasteiger partial charge on any atom is 0.255 e. The van der Waals surface area contributed by atoms with Gasteiger partial charge in [-0.05, 0) is 35.6 Å². The predicted molar refractivity (Wildman–Crippen MR) is 98.7 cm³/mol. The Morgan fingerprint density at radius 2 is 1.75 bits per heavy atom. The van der Waals surface area contributed by atoms with Gasteiger partial charge < -0.3 is 10.1 Å². The van der Waals surface area contributed by atoms with Crippen LogP contribution in [0.15, 0.2) is 66.7 Å². The molecule has 0 fully saturated rings. The molecule has 1 amide bonds. The Morgan fingerprint density at radius 1 is 1.00 bits per heavy atom. The number of nitrogens with one attached hydrogen (secondary N) is 1. The lowest BCUT2D eigenvalue weighted by Gasteiger charge is -2.11. The monoisotopic (exact) mass is 319 g/mol. The van der Waals surface area contributed by atoms with Crippen LogP contribution in [0.2, 0.25) is 0 Å². The molecule has 0 unspecified atom stereocenters. The number of ether oxygens (including phenoxy) is 1. The molecule has 0 aliphatic carbocycles. The summed E-state index contributed by atoms with van der Waals surface area (Å²) in [6, 6.07) is 21.2. The zero-order valence-electron chi connectivity index (χ0n) is 14.0. The molecule has 122 valence electrons. The quantitative estimate of drug-likeness (QED) is 0.708. The van der Waals surface area contributed by atoms with Crippen molar-refractivity contribution in [3.63, 3.8) is 0 Å². The number of benzene rings is 3. The van der Waals surface area contributed by atoms with Gasteiger partial charge in [0.25, 0.3) is 5.91 Å². The van der Waals surface area contributed by atoms with Crippen LogP contribution in [0, 0.1) is 5.92 Å². The highest BCUT2D eigenvalue weighted by molar-refractivity contribution is 6.09. The van der Waals surface area contributed by atoms with E-state index in [9.17, 15) is 4.79 Å². The van der Waals surface area contributed by atoms with Crippen LogP contribution in [-0.2, 0) is 0 Å². The summed E-state index contributed by atoms with van der Waals surface area (Å²) in [5.41, 5.74) is 1.40. The van der Waals surface area contributed by atoms with E-state index in [1.165, 1.54) is 0 Å². The van der Waals surface area contributed by atoms with Gasteiger partial charge in [-0.2, -0.15) is 0 Å². The molecule has 3 aromatic carbocycles. The Labute approximate surface area is 142 Å². The lowest BCUT2D eigenvalue weighted by molar-refractivity contribution is 0.102. The third kappa shape index (κ3) is 3.74. The average molecular weight is 319 g/mol. The molecule has 0 saturated heterocycles. The van der Waals surface area contributed by atoms with Gasteiger partial charge in [0, 0.05) is 16.6 Å². The van der Waals surface area contributed by atoms with Gasteiger partial charge in [0.2, 0.25) is 0 Å². The largest absolute Gasteiger partial charge is 0.493 e. The molecule has 0 bridgehead atoms. The van der Waals surface area contributed by atoms with Gasteiger partial charge in [-0.25, -0.2) is 0 Å². The highest BCUT2D eigenvalue weighted by Gasteiger charge is 2.09. The van der Waals surface area contributed by atoms with Crippen LogP contribution in [0.4, 0.5) is 5.69 Å². The van der Waals surface area contributed by atoms with Gasteiger partial charge in [-0.3, -0.25) is 4.79 Å². The summed E-state index contributed by atoms with van der Waals surface area (Å²) >= 11 is 0. The zero-order chi connectivity index (χ0) is 16.9. The van der Waals surface area contributed by atoms with Crippen molar-refractivity contribution in [3.8, 4) is 5.75 Å². The summed E-state index contributed by atoms with van der Waals surface area (Å²) in [6.07, 6.45) is 0. The first kappa shape index (κ1) is 16.1. The maximum absolute atomic E-state index is 12.6. The van der Waals surface area contributed by atoms with Crippen LogP contribution in [0.3, 0.4) is 0 Å². The molecule has 0 atom stereocenters. The van der Waals surface area contributed by atoms with Crippen molar-refractivity contribution in [3.05, 3.63) is 72.3 Å². The number of anilines is 1. The smallest absolute Gasteiger partial charge is 0.255 e. The third-order valence-electron chi connectivity index (χ3n) is 3.72. The molecule has 24 heavy (non-hydrogen) atoms. The molecule has 3 nitrogen and oxygen atoms in total. The topological polar surface area (TPSA) is 38.3 Å². The average Bonchev–Trinajstić information content (AvgIpc) is 2.60. The molecule has 0 heterocycles. The first-order valence-electron chi connectivity index (χ1n) is 8.15. The fraction of sp³-hybridized carbons (Fsp3) is 0.190. The van der Waals surface area contributed by atoms with E-state index in [0.29, 0.717) is 23.8 Å². The van der Waals surface area contributed by atoms with Gasteiger partial charge >= 0.3 is 0 Å². The van der Waals surface area contributed by atoms with E-state index in [-0.39, 0.29) is 5.91 Å².